The number of aromatic nitrogens is 1. The van der Waals surface area contributed by atoms with Crippen molar-refractivity contribution in [2.24, 2.45) is 5.92 Å². The van der Waals surface area contributed by atoms with Crippen LogP contribution in [0.1, 0.15) is 52.7 Å². The molecule has 0 radical (unpaired) electrons. The number of halogens is 5. The van der Waals surface area contributed by atoms with E-state index < -0.39 is 28.8 Å². The molecule has 2 nitrogen and oxygen atoms in total. The highest BCUT2D eigenvalue weighted by Crippen LogP contribution is 2.44. The monoisotopic (exact) mass is 416 g/mol. The molecule has 0 bridgehead atoms. The Morgan fingerprint density at radius 2 is 1.55 bits per heavy atom. The minimum atomic E-state index is -5.15. The number of hydrogen-bond donors (Lipinski definition) is 0. The molecule has 0 saturated heterocycles. The molecular formula is C22H29F5N2. The van der Waals surface area contributed by atoms with Gasteiger partial charge >= 0.3 is 6.18 Å². The average molecular weight is 416 g/mol. The van der Waals surface area contributed by atoms with Gasteiger partial charge in [0.25, 0.3) is 0 Å². The molecular weight excluding hydrogens is 387 g/mol. The van der Waals surface area contributed by atoms with Crippen LogP contribution in [-0.2, 0) is 11.6 Å². The van der Waals surface area contributed by atoms with Crippen LogP contribution >= 0.6 is 0 Å². The maximum atomic E-state index is 15.1. The lowest BCUT2D eigenvalue weighted by Gasteiger charge is -2.33. The zero-order chi connectivity index (χ0) is 22.7. The van der Waals surface area contributed by atoms with Crippen LogP contribution in [-0.4, -0.2) is 19.1 Å². The van der Waals surface area contributed by atoms with Gasteiger partial charge in [0.05, 0.1) is 5.69 Å². The average Bonchev–Trinajstić information content (AvgIpc) is 2.61. The summed E-state index contributed by atoms with van der Waals surface area (Å²) in [5, 5.41) is 0. The minimum Gasteiger partial charge on any atom is -0.378 e. The van der Waals surface area contributed by atoms with E-state index in [4.69, 9.17) is 0 Å². The van der Waals surface area contributed by atoms with Crippen LogP contribution in [0.3, 0.4) is 0 Å². The Bertz CT molecular complexity index is 840. The lowest BCUT2D eigenvalue weighted by molar-refractivity contribution is -0.142. The normalized spacial score (nSPS) is 11.9. The van der Waals surface area contributed by atoms with Crippen LogP contribution in [0.2, 0.25) is 0 Å². The van der Waals surface area contributed by atoms with Crippen LogP contribution in [0.5, 0.6) is 0 Å². The van der Waals surface area contributed by atoms with Gasteiger partial charge in [-0.05, 0) is 35.1 Å². The molecule has 0 aliphatic heterocycles. The van der Waals surface area contributed by atoms with Crippen molar-refractivity contribution in [2.75, 3.05) is 19.0 Å². The van der Waals surface area contributed by atoms with Crippen LogP contribution in [0.4, 0.5) is 27.6 Å². The highest BCUT2D eigenvalue weighted by molar-refractivity contribution is 5.71. The first-order valence-electron chi connectivity index (χ1n) is 9.51. The number of benzene rings is 1. The van der Waals surface area contributed by atoms with E-state index in [1.54, 1.807) is 38.9 Å². The maximum absolute atomic E-state index is 15.1. The van der Waals surface area contributed by atoms with Crippen molar-refractivity contribution in [1.29, 1.82) is 0 Å². The SMILES string of the molecule is CC.CC(C)C(C)(C)c1cc(F)c(C(F)(F)F)c(F)c1-c1cc(N(C)C)ccn1. The van der Waals surface area contributed by atoms with E-state index in [0.29, 0.717) is 5.69 Å². The molecule has 1 aromatic heterocycles. The highest BCUT2D eigenvalue weighted by Gasteiger charge is 2.42. The summed E-state index contributed by atoms with van der Waals surface area (Å²) in [6.07, 6.45) is -3.75. The van der Waals surface area contributed by atoms with Gasteiger partial charge in [-0.1, -0.05) is 41.5 Å². The largest absolute Gasteiger partial charge is 0.422 e. The molecule has 1 heterocycles. The summed E-state index contributed by atoms with van der Waals surface area (Å²) in [7, 11) is 3.50. The molecule has 0 spiro atoms. The summed E-state index contributed by atoms with van der Waals surface area (Å²) in [5.74, 6) is -3.32. The highest BCUT2D eigenvalue weighted by atomic mass is 19.4. The van der Waals surface area contributed by atoms with Crippen molar-refractivity contribution in [3.05, 3.63) is 47.2 Å². The van der Waals surface area contributed by atoms with Crippen molar-refractivity contribution < 1.29 is 22.0 Å². The van der Waals surface area contributed by atoms with Crippen LogP contribution in [0, 0.1) is 17.6 Å². The van der Waals surface area contributed by atoms with E-state index in [2.05, 4.69) is 4.98 Å². The van der Waals surface area contributed by atoms with Gasteiger partial charge in [-0.15, -0.1) is 0 Å². The Morgan fingerprint density at radius 3 is 2.00 bits per heavy atom. The van der Waals surface area contributed by atoms with E-state index >= 15 is 4.39 Å². The first-order valence-corrected chi connectivity index (χ1v) is 9.51. The number of nitrogens with zero attached hydrogens (tertiary/aromatic N) is 2. The molecule has 0 fully saturated rings. The summed E-state index contributed by atoms with van der Waals surface area (Å²) in [4.78, 5) is 5.81. The zero-order valence-corrected chi connectivity index (χ0v) is 18.2. The van der Waals surface area contributed by atoms with Gasteiger partial charge in [-0.25, -0.2) is 8.78 Å². The van der Waals surface area contributed by atoms with Crippen LogP contribution in [0.15, 0.2) is 24.4 Å². The molecule has 1 aromatic carbocycles. The fraction of sp³-hybridized carbons (Fsp3) is 0.500. The van der Waals surface area contributed by atoms with Gasteiger partial charge in [0.15, 0.2) is 0 Å². The van der Waals surface area contributed by atoms with Gasteiger partial charge in [-0.2, -0.15) is 13.2 Å². The number of hydrogen-bond acceptors (Lipinski definition) is 2. The van der Waals surface area contributed by atoms with Gasteiger partial charge in [0.1, 0.15) is 17.2 Å². The number of alkyl halides is 3. The molecule has 0 atom stereocenters. The van der Waals surface area contributed by atoms with E-state index in [1.165, 1.54) is 12.3 Å². The molecule has 2 aromatic rings. The van der Waals surface area contributed by atoms with Crippen molar-refractivity contribution in [3.63, 3.8) is 0 Å². The predicted molar refractivity (Wildman–Crippen MR) is 108 cm³/mol. The van der Waals surface area contributed by atoms with E-state index in [9.17, 15) is 17.6 Å². The second-order valence-electron chi connectivity index (χ2n) is 7.64. The quantitative estimate of drug-likeness (QED) is 0.496. The molecule has 162 valence electrons. The zero-order valence-electron chi connectivity index (χ0n) is 18.2. The standard InChI is InChI=1S/C20H23F5N2.C2H6/c1-11(2)19(3,4)13-10-14(21)17(20(23,24)25)18(22)16(13)15-9-12(27(5)6)7-8-26-15;1-2/h7-11H,1-6H3;1-2H3. The van der Waals surface area contributed by atoms with Crippen LogP contribution in [0.25, 0.3) is 11.3 Å². The van der Waals surface area contributed by atoms with Gasteiger partial charge in [-0.3, -0.25) is 4.98 Å². The van der Waals surface area contributed by atoms with Gasteiger partial charge < -0.3 is 4.90 Å². The Labute approximate surface area is 169 Å². The molecule has 7 heteroatoms. The van der Waals surface area contributed by atoms with E-state index in [0.717, 1.165) is 6.07 Å². The second-order valence-corrected chi connectivity index (χ2v) is 7.64. The molecule has 0 saturated carbocycles. The maximum Gasteiger partial charge on any atom is 0.422 e. The molecule has 29 heavy (non-hydrogen) atoms. The van der Waals surface area contributed by atoms with Gasteiger partial charge in [0.2, 0.25) is 0 Å². The Hall–Kier alpha value is -2.18. The van der Waals surface area contributed by atoms with E-state index in [1.807, 2.05) is 27.7 Å². The lowest BCUT2D eigenvalue weighted by Crippen LogP contribution is -2.27. The number of pyridine rings is 1. The molecule has 0 N–H and O–H groups in total. The fourth-order valence-electron chi connectivity index (χ4n) is 2.78. The van der Waals surface area contributed by atoms with E-state index in [-0.39, 0.29) is 22.7 Å². The molecule has 0 amide bonds. The summed E-state index contributed by atoms with van der Waals surface area (Å²) >= 11 is 0. The molecule has 2 rings (SSSR count). The third kappa shape index (κ3) is 5.06. The Kier molecular flexibility index (Phi) is 7.80. The third-order valence-corrected chi connectivity index (χ3v) is 5.16. The van der Waals surface area contributed by atoms with Crippen molar-refractivity contribution in [1.82, 2.24) is 4.98 Å². The first-order chi connectivity index (χ1) is 13.3. The Balaban J connectivity index is 0.00000204. The minimum absolute atomic E-state index is 0.0351. The summed E-state index contributed by atoms with van der Waals surface area (Å²) in [6.45, 7) is 11.2. The predicted octanol–water partition coefficient (Wildman–Crippen LogP) is 7.07. The van der Waals surface area contributed by atoms with Crippen LogP contribution < -0.4 is 4.90 Å². The topological polar surface area (TPSA) is 16.1 Å². The summed E-state index contributed by atoms with van der Waals surface area (Å²) in [6, 6.07) is 3.95. The van der Waals surface area contributed by atoms with Crippen molar-refractivity contribution in [2.45, 2.75) is 53.1 Å². The summed E-state index contributed by atoms with van der Waals surface area (Å²) in [5.41, 5.74) is -2.15. The molecule has 0 unspecified atom stereocenters. The fourth-order valence-corrected chi connectivity index (χ4v) is 2.78. The lowest BCUT2D eigenvalue weighted by atomic mass is 9.72. The number of anilines is 1. The molecule has 0 aliphatic carbocycles. The van der Waals surface area contributed by atoms with Crippen molar-refractivity contribution in [3.8, 4) is 11.3 Å². The number of rotatable bonds is 4. The first kappa shape index (κ1) is 24.9. The smallest absolute Gasteiger partial charge is 0.378 e. The van der Waals surface area contributed by atoms with Crippen molar-refractivity contribution >= 4 is 5.69 Å². The summed E-state index contributed by atoms with van der Waals surface area (Å²) < 4.78 is 69.3. The Morgan fingerprint density at radius 1 is 1.00 bits per heavy atom. The molecule has 0 aliphatic rings. The second kappa shape index (κ2) is 9.09. The van der Waals surface area contributed by atoms with Gasteiger partial charge in [0, 0.05) is 31.5 Å². The third-order valence-electron chi connectivity index (χ3n) is 5.16.